The van der Waals surface area contributed by atoms with Crippen LogP contribution >= 0.6 is 23.4 Å². The molecule has 0 fully saturated rings. The Labute approximate surface area is 124 Å². The van der Waals surface area contributed by atoms with E-state index >= 15 is 0 Å². The third-order valence-corrected chi connectivity index (χ3v) is 6.18. The number of nitrogens with two attached hydrogens (primary N) is 1. The summed E-state index contributed by atoms with van der Waals surface area (Å²) in [5.41, 5.74) is 6.70. The molecular weight excluding hydrogens is 304 g/mol. The van der Waals surface area contributed by atoms with Crippen molar-refractivity contribution in [3.8, 4) is 0 Å². The molecule has 0 radical (unpaired) electrons. The van der Waals surface area contributed by atoms with E-state index in [1.165, 1.54) is 10.4 Å². The van der Waals surface area contributed by atoms with Crippen molar-refractivity contribution >= 4 is 39.1 Å². The molecule has 0 heterocycles. The van der Waals surface area contributed by atoms with Crippen LogP contribution in [-0.4, -0.2) is 37.8 Å². The van der Waals surface area contributed by atoms with E-state index in [1.807, 2.05) is 13.2 Å². The summed E-state index contributed by atoms with van der Waals surface area (Å²) in [6, 6.07) is 2.91. The van der Waals surface area contributed by atoms with E-state index < -0.39 is 10.0 Å². The highest BCUT2D eigenvalue weighted by Crippen LogP contribution is 2.28. The lowest BCUT2D eigenvalue weighted by Crippen LogP contribution is -2.37. The van der Waals surface area contributed by atoms with Crippen molar-refractivity contribution < 1.29 is 8.42 Å². The number of halogens is 1. The van der Waals surface area contributed by atoms with E-state index in [2.05, 4.69) is 0 Å². The third-order valence-electron chi connectivity index (χ3n) is 3.05. The highest BCUT2D eigenvalue weighted by Gasteiger charge is 2.27. The van der Waals surface area contributed by atoms with Crippen molar-refractivity contribution in [3.05, 3.63) is 22.7 Å². The maximum absolute atomic E-state index is 12.6. The zero-order valence-electron chi connectivity index (χ0n) is 11.5. The summed E-state index contributed by atoms with van der Waals surface area (Å²) >= 11 is 7.51. The monoisotopic (exact) mass is 322 g/mol. The fourth-order valence-electron chi connectivity index (χ4n) is 1.68. The molecule has 1 aromatic carbocycles. The Morgan fingerprint density at radius 1 is 1.47 bits per heavy atom. The van der Waals surface area contributed by atoms with Gasteiger partial charge in [0.2, 0.25) is 10.0 Å². The third kappa shape index (κ3) is 3.56. The minimum absolute atomic E-state index is 0.0976. The van der Waals surface area contributed by atoms with Gasteiger partial charge in [-0.05, 0) is 37.8 Å². The minimum Gasteiger partial charge on any atom is -0.398 e. The van der Waals surface area contributed by atoms with Crippen LogP contribution in [-0.2, 0) is 10.0 Å². The second-order valence-corrected chi connectivity index (χ2v) is 7.76. The van der Waals surface area contributed by atoms with Crippen molar-refractivity contribution in [1.29, 1.82) is 0 Å². The average Bonchev–Trinajstić information content (AvgIpc) is 2.32. The fourth-order valence-corrected chi connectivity index (χ4v) is 4.41. The molecule has 0 aliphatic heterocycles. The Bertz CT molecular complexity index is 561. The Balaban J connectivity index is 3.28. The lowest BCUT2D eigenvalue weighted by molar-refractivity contribution is 0.415. The molecule has 0 aliphatic rings. The first kappa shape index (κ1) is 16.6. The molecule has 108 valence electrons. The minimum atomic E-state index is -3.58. The largest absolute Gasteiger partial charge is 0.398 e. The molecule has 2 N–H and O–H groups in total. The van der Waals surface area contributed by atoms with Gasteiger partial charge in [0, 0.05) is 29.6 Å². The molecule has 1 unspecified atom stereocenters. The maximum Gasteiger partial charge on any atom is 0.243 e. The van der Waals surface area contributed by atoms with Crippen LogP contribution in [0.2, 0.25) is 5.02 Å². The smallest absolute Gasteiger partial charge is 0.243 e. The molecule has 19 heavy (non-hydrogen) atoms. The lowest BCUT2D eigenvalue weighted by atomic mass is 10.2. The highest BCUT2D eigenvalue weighted by atomic mass is 35.5. The molecular formula is C12H19ClN2O2S2. The van der Waals surface area contributed by atoms with Crippen LogP contribution in [0.4, 0.5) is 5.69 Å². The Morgan fingerprint density at radius 3 is 2.58 bits per heavy atom. The molecule has 0 aliphatic carbocycles. The van der Waals surface area contributed by atoms with Crippen LogP contribution in [0.15, 0.2) is 17.0 Å². The number of thioether (sulfide) groups is 1. The predicted octanol–water partition coefficient (Wildman–Crippen LogP) is 2.60. The molecule has 1 rings (SSSR count). The summed E-state index contributed by atoms with van der Waals surface area (Å²) in [5.74, 6) is 0.727. The quantitative estimate of drug-likeness (QED) is 0.846. The van der Waals surface area contributed by atoms with Crippen LogP contribution in [0, 0.1) is 6.92 Å². The molecule has 1 atom stereocenters. The van der Waals surface area contributed by atoms with Gasteiger partial charge >= 0.3 is 0 Å². The molecule has 0 saturated carbocycles. The van der Waals surface area contributed by atoms with Crippen LogP contribution < -0.4 is 5.73 Å². The van der Waals surface area contributed by atoms with Crippen molar-refractivity contribution in [2.45, 2.75) is 24.8 Å². The number of benzene rings is 1. The van der Waals surface area contributed by atoms with Gasteiger partial charge in [0.05, 0.1) is 4.90 Å². The molecule has 0 bridgehead atoms. The molecule has 1 aromatic rings. The Kier molecular flexibility index (Phi) is 5.55. The van der Waals surface area contributed by atoms with E-state index in [9.17, 15) is 8.42 Å². The summed E-state index contributed by atoms with van der Waals surface area (Å²) in [7, 11) is -2.00. The second-order valence-electron chi connectivity index (χ2n) is 4.44. The molecule has 0 aromatic heterocycles. The highest BCUT2D eigenvalue weighted by molar-refractivity contribution is 7.98. The zero-order valence-corrected chi connectivity index (χ0v) is 13.9. The van der Waals surface area contributed by atoms with E-state index in [0.29, 0.717) is 16.3 Å². The summed E-state index contributed by atoms with van der Waals surface area (Å²) in [5, 5.41) is 0.326. The van der Waals surface area contributed by atoms with Crippen molar-refractivity contribution in [2.75, 3.05) is 24.8 Å². The summed E-state index contributed by atoms with van der Waals surface area (Å²) < 4.78 is 26.5. The van der Waals surface area contributed by atoms with Gasteiger partial charge in [-0.1, -0.05) is 11.6 Å². The van der Waals surface area contributed by atoms with Gasteiger partial charge in [-0.2, -0.15) is 16.1 Å². The topological polar surface area (TPSA) is 63.4 Å². The Hall–Kier alpha value is -0.430. The van der Waals surface area contributed by atoms with Crippen molar-refractivity contribution in [1.82, 2.24) is 4.31 Å². The maximum atomic E-state index is 12.6. The van der Waals surface area contributed by atoms with E-state index in [4.69, 9.17) is 17.3 Å². The SMILES string of the molecule is CSCC(C)N(C)S(=O)(=O)c1cc(Cl)cc(N)c1C. The van der Waals surface area contributed by atoms with Crippen LogP contribution in [0.5, 0.6) is 0 Å². The number of nitrogen functional groups attached to an aromatic ring is 1. The second kappa shape index (κ2) is 6.35. The van der Waals surface area contributed by atoms with E-state index in [0.717, 1.165) is 5.75 Å². The number of hydrogen-bond acceptors (Lipinski definition) is 4. The number of anilines is 1. The first-order chi connectivity index (χ1) is 8.71. The van der Waals surface area contributed by atoms with Gasteiger partial charge < -0.3 is 5.73 Å². The molecule has 0 saturated heterocycles. The fraction of sp³-hybridized carbons (Fsp3) is 0.500. The Morgan fingerprint density at radius 2 is 2.05 bits per heavy atom. The van der Waals surface area contributed by atoms with Gasteiger partial charge in [-0.3, -0.25) is 0 Å². The van der Waals surface area contributed by atoms with Gasteiger partial charge in [-0.25, -0.2) is 8.42 Å². The molecule has 0 spiro atoms. The standard InChI is InChI=1S/C12H19ClN2O2S2/c1-8(7-18-4)15(3)19(16,17)12-6-10(13)5-11(14)9(12)2/h5-6,8H,7,14H2,1-4H3. The normalized spacial score (nSPS) is 13.8. The van der Waals surface area contributed by atoms with E-state index in [1.54, 1.807) is 31.8 Å². The summed E-state index contributed by atoms with van der Waals surface area (Å²) in [4.78, 5) is 0.174. The van der Waals surface area contributed by atoms with Crippen LogP contribution in [0.3, 0.4) is 0 Å². The molecule has 4 nitrogen and oxygen atoms in total. The van der Waals surface area contributed by atoms with Crippen molar-refractivity contribution in [2.24, 2.45) is 0 Å². The number of sulfonamides is 1. The number of rotatable bonds is 5. The van der Waals surface area contributed by atoms with Gasteiger partial charge in [0.25, 0.3) is 0 Å². The number of nitrogens with zero attached hydrogens (tertiary/aromatic N) is 1. The first-order valence-electron chi connectivity index (χ1n) is 5.74. The van der Waals surface area contributed by atoms with Crippen LogP contribution in [0.25, 0.3) is 0 Å². The average molecular weight is 323 g/mol. The summed E-state index contributed by atoms with van der Waals surface area (Å²) in [6.07, 6.45) is 1.94. The zero-order chi connectivity index (χ0) is 14.8. The van der Waals surface area contributed by atoms with Gasteiger partial charge in [0.1, 0.15) is 0 Å². The van der Waals surface area contributed by atoms with Gasteiger partial charge in [0.15, 0.2) is 0 Å². The predicted molar refractivity (Wildman–Crippen MR) is 83.4 cm³/mol. The van der Waals surface area contributed by atoms with Crippen LogP contribution in [0.1, 0.15) is 12.5 Å². The van der Waals surface area contributed by atoms with Crippen molar-refractivity contribution in [3.63, 3.8) is 0 Å². The summed E-state index contributed by atoms with van der Waals surface area (Å²) in [6.45, 7) is 3.56. The molecule has 7 heteroatoms. The first-order valence-corrected chi connectivity index (χ1v) is 8.95. The molecule has 0 amide bonds. The lowest BCUT2D eigenvalue weighted by Gasteiger charge is -2.25. The number of hydrogen-bond donors (Lipinski definition) is 1. The van der Waals surface area contributed by atoms with E-state index in [-0.39, 0.29) is 10.9 Å². The van der Waals surface area contributed by atoms with Gasteiger partial charge in [-0.15, -0.1) is 0 Å².